The van der Waals surface area contributed by atoms with Gasteiger partial charge in [-0.25, -0.2) is 9.67 Å². The molecule has 2 aromatic heterocycles. The second-order valence-corrected chi connectivity index (χ2v) is 4.38. The molecule has 0 unspecified atom stereocenters. The molecular weight excluding hydrogens is 299 g/mol. The van der Waals surface area contributed by atoms with Crippen LogP contribution in [0.4, 0.5) is 13.2 Å². The van der Waals surface area contributed by atoms with Crippen molar-refractivity contribution in [3.8, 4) is 5.82 Å². The maximum Gasteiger partial charge on any atom is 0.419 e. The summed E-state index contributed by atoms with van der Waals surface area (Å²) in [7, 11) is 0. The van der Waals surface area contributed by atoms with E-state index in [4.69, 9.17) is 0 Å². The summed E-state index contributed by atoms with van der Waals surface area (Å²) in [6.45, 7) is 1.75. The minimum atomic E-state index is -4.39. The van der Waals surface area contributed by atoms with Gasteiger partial charge in [-0.05, 0) is 34.5 Å². The number of pyridine rings is 1. The number of alkyl halides is 3. The number of rotatable bonds is 1. The largest absolute Gasteiger partial charge is 0.419 e. The summed E-state index contributed by atoms with van der Waals surface area (Å²) >= 11 is 3.23. The zero-order chi connectivity index (χ0) is 12.6. The number of hydrogen-bond acceptors (Lipinski definition) is 2. The number of nitrogens with zero attached hydrogens (tertiary/aromatic N) is 3. The van der Waals surface area contributed by atoms with Gasteiger partial charge in [-0.3, -0.25) is 0 Å². The molecule has 0 aliphatic rings. The lowest BCUT2D eigenvalue weighted by molar-refractivity contribution is -0.137. The second kappa shape index (κ2) is 4.14. The van der Waals surface area contributed by atoms with Gasteiger partial charge in [-0.15, -0.1) is 0 Å². The van der Waals surface area contributed by atoms with Crippen molar-refractivity contribution in [2.75, 3.05) is 0 Å². The van der Waals surface area contributed by atoms with E-state index in [1.54, 1.807) is 13.0 Å². The zero-order valence-corrected chi connectivity index (χ0v) is 10.2. The summed E-state index contributed by atoms with van der Waals surface area (Å²) in [5.74, 6) is 0.378. The van der Waals surface area contributed by atoms with Crippen LogP contribution in [-0.4, -0.2) is 14.8 Å². The molecular formula is C10H7BrF3N3. The number of hydrogen-bond donors (Lipinski definition) is 0. The Hall–Kier alpha value is -1.37. The summed E-state index contributed by atoms with van der Waals surface area (Å²) in [6, 6.07) is 1.76. The van der Waals surface area contributed by atoms with Crippen LogP contribution in [-0.2, 0) is 6.18 Å². The average molecular weight is 306 g/mol. The van der Waals surface area contributed by atoms with E-state index in [0.29, 0.717) is 5.82 Å². The van der Waals surface area contributed by atoms with E-state index in [2.05, 4.69) is 26.0 Å². The molecule has 90 valence electrons. The third-order valence-electron chi connectivity index (χ3n) is 2.14. The monoisotopic (exact) mass is 305 g/mol. The van der Waals surface area contributed by atoms with Gasteiger partial charge >= 0.3 is 6.18 Å². The Morgan fingerprint density at radius 2 is 2.00 bits per heavy atom. The molecule has 0 saturated heterocycles. The summed E-state index contributed by atoms with van der Waals surface area (Å²) in [5, 5.41) is 3.66. The number of aryl methyl sites for hydroxylation is 1. The first-order chi connectivity index (χ1) is 7.88. The van der Waals surface area contributed by atoms with Gasteiger partial charge < -0.3 is 0 Å². The lowest BCUT2D eigenvalue weighted by Crippen LogP contribution is -2.04. The van der Waals surface area contributed by atoms with Gasteiger partial charge in [0, 0.05) is 16.9 Å². The Bertz CT molecular complexity index is 548. The normalized spacial score (nSPS) is 11.8. The highest BCUT2D eigenvalue weighted by Gasteiger charge is 2.32. The fourth-order valence-electron chi connectivity index (χ4n) is 1.36. The van der Waals surface area contributed by atoms with Gasteiger partial charge in [-0.2, -0.15) is 18.3 Å². The smallest absolute Gasteiger partial charge is 0.236 e. The first-order valence-corrected chi connectivity index (χ1v) is 5.41. The predicted octanol–water partition coefficient (Wildman–Crippen LogP) is 3.36. The standard InChI is InChI=1S/C10H7BrF3N3/c1-6-2-8(11)4-15-9(6)17-5-7(3-16-17)10(12,13)14/h2-5H,1H3. The van der Waals surface area contributed by atoms with Crippen molar-refractivity contribution in [1.82, 2.24) is 14.8 Å². The van der Waals surface area contributed by atoms with Crippen molar-refractivity contribution in [2.45, 2.75) is 13.1 Å². The molecule has 2 aromatic rings. The molecule has 17 heavy (non-hydrogen) atoms. The molecule has 2 rings (SSSR count). The fourth-order valence-corrected chi connectivity index (χ4v) is 1.80. The number of halogens is 4. The molecule has 0 spiro atoms. The molecule has 0 bridgehead atoms. The van der Waals surface area contributed by atoms with Gasteiger partial charge in [0.1, 0.15) is 0 Å². The molecule has 0 amide bonds. The van der Waals surface area contributed by atoms with Crippen LogP contribution >= 0.6 is 15.9 Å². The van der Waals surface area contributed by atoms with Crippen molar-refractivity contribution in [3.63, 3.8) is 0 Å². The maximum absolute atomic E-state index is 12.4. The minimum Gasteiger partial charge on any atom is -0.236 e. The Balaban J connectivity index is 2.44. The van der Waals surface area contributed by atoms with Crippen LogP contribution in [0.3, 0.4) is 0 Å². The average Bonchev–Trinajstić information content (AvgIpc) is 2.65. The van der Waals surface area contributed by atoms with E-state index in [-0.39, 0.29) is 0 Å². The lowest BCUT2D eigenvalue weighted by Gasteiger charge is -2.05. The minimum absolute atomic E-state index is 0.378. The first-order valence-electron chi connectivity index (χ1n) is 4.62. The summed E-state index contributed by atoms with van der Waals surface area (Å²) in [6.07, 6.45) is -1.18. The predicted molar refractivity (Wildman–Crippen MR) is 58.8 cm³/mol. The van der Waals surface area contributed by atoms with Gasteiger partial charge in [0.2, 0.25) is 0 Å². The van der Waals surface area contributed by atoms with Crippen molar-refractivity contribution >= 4 is 15.9 Å². The molecule has 3 nitrogen and oxygen atoms in total. The SMILES string of the molecule is Cc1cc(Br)cnc1-n1cc(C(F)(F)F)cn1. The summed E-state index contributed by atoms with van der Waals surface area (Å²) in [5.41, 5.74) is -0.0576. The van der Waals surface area contributed by atoms with Gasteiger partial charge in [0.05, 0.1) is 11.8 Å². The molecule has 0 saturated carbocycles. The van der Waals surface area contributed by atoms with Crippen LogP contribution in [0.25, 0.3) is 5.82 Å². The molecule has 0 aliphatic heterocycles. The Labute approximate surface area is 103 Å². The van der Waals surface area contributed by atoms with E-state index in [0.717, 1.165) is 27.1 Å². The molecule has 2 heterocycles. The Kier molecular flexibility index (Phi) is 2.94. The van der Waals surface area contributed by atoms with E-state index in [1.807, 2.05) is 0 Å². The molecule has 0 N–H and O–H groups in total. The zero-order valence-electron chi connectivity index (χ0n) is 8.66. The Morgan fingerprint density at radius 1 is 1.29 bits per heavy atom. The third kappa shape index (κ3) is 2.49. The second-order valence-electron chi connectivity index (χ2n) is 3.47. The highest BCUT2D eigenvalue weighted by atomic mass is 79.9. The molecule has 7 heteroatoms. The first kappa shape index (κ1) is 12.1. The maximum atomic E-state index is 12.4. The van der Waals surface area contributed by atoms with Crippen LogP contribution in [0.15, 0.2) is 29.1 Å². The topological polar surface area (TPSA) is 30.7 Å². The fraction of sp³-hybridized carbons (Fsp3) is 0.200. The van der Waals surface area contributed by atoms with Gasteiger partial charge in [0.25, 0.3) is 0 Å². The van der Waals surface area contributed by atoms with Crippen molar-refractivity contribution < 1.29 is 13.2 Å². The molecule has 0 aromatic carbocycles. The van der Waals surface area contributed by atoms with E-state index in [1.165, 1.54) is 6.20 Å². The van der Waals surface area contributed by atoms with Crippen LogP contribution in [0.5, 0.6) is 0 Å². The quantitative estimate of drug-likeness (QED) is 0.809. The van der Waals surface area contributed by atoms with Crippen molar-refractivity contribution in [3.05, 3.63) is 40.3 Å². The van der Waals surface area contributed by atoms with Crippen molar-refractivity contribution in [2.24, 2.45) is 0 Å². The van der Waals surface area contributed by atoms with E-state index < -0.39 is 11.7 Å². The van der Waals surface area contributed by atoms with Crippen LogP contribution in [0.2, 0.25) is 0 Å². The molecule has 0 fully saturated rings. The molecule has 0 atom stereocenters. The molecule has 0 radical (unpaired) electrons. The highest BCUT2D eigenvalue weighted by Crippen LogP contribution is 2.29. The van der Waals surface area contributed by atoms with E-state index in [9.17, 15) is 13.2 Å². The third-order valence-corrected chi connectivity index (χ3v) is 2.58. The number of aromatic nitrogens is 3. The van der Waals surface area contributed by atoms with Crippen LogP contribution < -0.4 is 0 Å². The van der Waals surface area contributed by atoms with Crippen molar-refractivity contribution in [1.29, 1.82) is 0 Å². The summed E-state index contributed by atoms with van der Waals surface area (Å²) in [4.78, 5) is 4.03. The van der Waals surface area contributed by atoms with Gasteiger partial charge in [-0.1, -0.05) is 0 Å². The van der Waals surface area contributed by atoms with E-state index >= 15 is 0 Å². The highest BCUT2D eigenvalue weighted by molar-refractivity contribution is 9.10. The Morgan fingerprint density at radius 3 is 2.53 bits per heavy atom. The summed E-state index contributed by atoms with van der Waals surface area (Å²) < 4.78 is 39.1. The lowest BCUT2D eigenvalue weighted by atomic mass is 10.3. The van der Waals surface area contributed by atoms with Gasteiger partial charge in [0.15, 0.2) is 5.82 Å². The van der Waals surface area contributed by atoms with Crippen LogP contribution in [0, 0.1) is 6.92 Å². The van der Waals surface area contributed by atoms with Crippen LogP contribution in [0.1, 0.15) is 11.1 Å². The molecule has 0 aliphatic carbocycles.